The van der Waals surface area contributed by atoms with Crippen LogP contribution in [0, 0.1) is 0 Å². The Hall–Kier alpha value is -1.29. The summed E-state index contributed by atoms with van der Waals surface area (Å²) in [5, 5.41) is 2.92. The van der Waals surface area contributed by atoms with Gasteiger partial charge in [-0.2, -0.15) is 13.2 Å². The molecule has 0 aromatic heterocycles. The predicted octanol–water partition coefficient (Wildman–Crippen LogP) is 3.02. The van der Waals surface area contributed by atoms with E-state index in [-0.39, 0.29) is 0 Å². The van der Waals surface area contributed by atoms with Crippen LogP contribution in [0.5, 0.6) is 0 Å². The lowest BCUT2D eigenvalue weighted by Crippen LogP contribution is -2.05. The monoisotopic (exact) mass is 229 g/mol. The van der Waals surface area contributed by atoms with Gasteiger partial charge in [0, 0.05) is 6.54 Å². The molecule has 0 aliphatic carbocycles. The molecule has 16 heavy (non-hydrogen) atoms. The van der Waals surface area contributed by atoms with E-state index in [9.17, 15) is 13.2 Å². The molecule has 0 spiro atoms. The minimum absolute atomic E-state index is 0.519. The number of hydrogen-bond acceptors (Lipinski definition) is 1. The van der Waals surface area contributed by atoms with E-state index >= 15 is 0 Å². The zero-order chi connectivity index (χ0) is 12.0. The summed E-state index contributed by atoms with van der Waals surface area (Å²) < 4.78 is 37.1. The molecule has 0 aliphatic rings. The average molecular weight is 229 g/mol. The smallest absolute Gasteiger partial charge is 0.316 e. The van der Waals surface area contributed by atoms with E-state index in [0.29, 0.717) is 12.0 Å². The zero-order valence-corrected chi connectivity index (χ0v) is 9.01. The second-order valence-corrected chi connectivity index (χ2v) is 3.43. The summed E-state index contributed by atoms with van der Waals surface area (Å²) in [6.45, 7) is 0.721. The van der Waals surface area contributed by atoms with Crippen LogP contribution < -0.4 is 5.32 Å². The van der Waals surface area contributed by atoms with Crippen molar-refractivity contribution in [3.63, 3.8) is 0 Å². The van der Waals surface area contributed by atoms with E-state index < -0.39 is 11.7 Å². The Morgan fingerprint density at radius 2 is 2.00 bits per heavy atom. The number of rotatable bonds is 4. The van der Waals surface area contributed by atoms with E-state index in [1.807, 2.05) is 19.2 Å². The Morgan fingerprint density at radius 3 is 2.62 bits per heavy atom. The predicted molar refractivity (Wildman–Crippen MR) is 58.2 cm³/mol. The lowest BCUT2D eigenvalue weighted by molar-refractivity contribution is -0.137. The molecule has 0 radical (unpaired) electrons. The van der Waals surface area contributed by atoms with Gasteiger partial charge >= 0.3 is 6.18 Å². The maximum absolute atomic E-state index is 12.4. The molecular formula is C12H14F3N. The van der Waals surface area contributed by atoms with Crippen molar-refractivity contribution in [1.29, 1.82) is 0 Å². The van der Waals surface area contributed by atoms with Crippen LogP contribution >= 0.6 is 0 Å². The van der Waals surface area contributed by atoms with Gasteiger partial charge in [-0.1, -0.05) is 30.4 Å². The normalized spacial score (nSPS) is 12.2. The second kappa shape index (κ2) is 5.70. The molecule has 0 unspecified atom stereocenters. The third-order valence-corrected chi connectivity index (χ3v) is 2.10. The molecule has 0 saturated heterocycles. The average Bonchev–Trinajstić information content (AvgIpc) is 2.24. The van der Waals surface area contributed by atoms with Crippen LogP contribution in [0.4, 0.5) is 13.2 Å². The first-order chi connectivity index (χ1) is 7.54. The van der Waals surface area contributed by atoms with Gasteiger partial charge in [-0.25, -0.2) is 0 Å². The minimum Gasteiger partial charge on any atom is -0.316 e. The maximum atomic E-state index is 12.4. The van der Waals surface area contributed by atoms with Crippen LogP contribution in [0.1, 0.15) is 11.1 Å². The molecule has 0 bridgehead atoms. The molecule has 0 heterocycles. The van der Waals surface area contributed by atoms with Crippen LogP contribution in [0.3, 0.4) is 0 Å². The molecule has 0 fully saturated rings. The largest absolute Gasteiger partial charge is 0.416 e. The number of nitrogens with one attached hydrogen (secondary N) is 1. The molecule has 0 aliphatic heterocycles. The summed E-state index contributed by atoms with van der Waals surface area (Å²) >= 11 is 0. The van der Waals surface area contributed by atoms with E-state index in [1.54, 1.807) is 6.07 Å². The van der Waals surface area contributed by atoms with E-state index in [2.05, 4.69) is 5.32 Å². The molecule has 1 aromatic rings. The molecular weight excluding hydrogens is 215 g/mol. The fraction of sp³-hybridized carbons (Fsp3) is 0.333. The van der Waals surface area contributed by atoms with Gasteiger partial charge < -0.3 is 5.32 Å². The van der Waals surface area contributed by atoms with Crippen molar-refractivity contribution in [3.05, 3.63) is 47.5 Å². The number of allylic oxidation sites excluding steroid dienone is 1. The lowest BCUT2D eigenvalue weighted by atomic mass is 10.1. The number of hydrogen-bond donors (Lipinski definition) is 1. The molecule has 1 aromatic carbocycles. The molecule has 0 amide bonds. The van der Waals surface area contributed by atoms with Gasteiger partial charge in [0.2, 0.25) is 0 Å². The number of likely N-dealkylation sites (N-methyl/N-ethyl adjacent to an activating group) is 1. The van der Waals surface area contributed by atoms with Crippen molar-refractivity contribution in [2.75, 3.05) is 13.6 Å². The van der Waals surface area contributed by atoms with Crippen molar-refractivity contribution in [3.8, 4) is 0 Å². The molecule has 0 atom stereocenters. The topological polar surface area (TPSA) is 12.0 Å². The third kappa shape index (κ3) is 4.06. The molecule has 1 nitrogen and oxygen atoms in total. The fourth-order valence-electron chi connectivity index (χ4n) is 1.30. The summed E-state index contributed by atoms with van der Waals surface area (Å²) in [6.07, 6.45) is 0.00253. The van der Waals surface area contributed by atoms with Crippen molar-refractivity contribution < 1.29 is 13.2 Å². The van der Waals surface area contributed by atoms with Gasteiger partial charge in [-0.05, 0) is 25.1 Å². The van der Waals surface area contributed by atoms with E-state index in [1.165, 1.54) is 12.1 Å². The SMILES string of the molecule is CNC/C=C\Cc1cccc(C(F)(F)F)c1. The van der Waals surface area contributed by atoms with Crippen molar-refractivity contribution >= 4 is 0 Å². The van der Waals surface area contributed by atoms with E-state index in [0.717, 1.165) is 12.6 Å². The molecule has 4 heteroatoms. The summed E-state index contributed by atoms with van der Waals surface area (Å²) in [5.41, 5.74) is 0.0780. The first-order valence-corrected chi connectivity index (χ1v) is 5.00. The molecule has 1 rings (SSSR count). The summed E-state index contributed by atoms with van der Waals surface area (Å²) in [7, 11) is 1.81. The Labute approximate surface area is 93.0 Å². The number of alkyl halides is 3. The van der Waals surface area contributed by atoms with Gasteiger partial charge in [0.05, 0.1) is 5.56 Å². The van der Waals surface area contributed by atoms with Gasteiger partial charge in [0.1, 0.15) is 0 Å². The first-order valence-electron chi connectivity index (χ1n) is 5.00. The van der Waals surface area contributed by atoms with Gasteiger partial charge in [0.25, 0.3) is 0 Å². The Balaban J connectivity index is 2.68. The Kier molecular flexibility index (Phi) is 4.55. The molecule has 88 valence electrons. The van der Waals surface area contributed by atoms with Crippen LogP contribution in [-0.4, -0.2) is 13.6 Å². The highest BCUT2D eigenvalue weighted by Crippen LogP contribution is 2.29. The minimum atomic E-state index is -4.26. The highest BCUT2D eigenvalue weighted by atomic mass is 19.4. The van der Waals surface area contributed by atoms with Crippen molar-refractivity contribution in [1.82, 2.24) is 5.32 Å². The van der Waals surface area contributed by atoms with Gasteiger partial charge in [0.15, 0.2) is 0 Å². The summed E-state index contributed by atoms with van der Waals surface area (Å²) in [5.74, 6) is 0. The maximum Gasteiger partial charge on any atom is 0.416 e. The third-order valence-electron chi connectivity index (χ3n) is 2.10. The van der Waals surface area contributed by atoms with Crippen molar-refractivity contribution in [2.24, 2.45) is 0 Å². The van der Waals surface area contributed by atoms with Crippen LogP contribution in [-0.2, 0) is 12.6 Å². The Morgan fingerprint density at radius 1 is 1.25 bits per heavy atom. The molecule has 1 N–H and O–H groups in total. The number of halogens is 3. The van der Waals surface area contributed by atoms with Gasteiger partial charge in [-0.15, -0.1) is 0 Å². The number of benzene rings is 1. The Bertz CT molecular complexity index is 356. The summed E-state index contributed by atoms with van der Waals surface area (Å²) in [6, 6.07) is 5.40. The summed E-state index contributed by atoms with van der Waals surface area (Å²) in [4.78, 5) is 0. The zero-order valence-electron chi connectivity index (χ0n) is 9.01. The van der Waals surface area contributed by atoms with Crippen molar-refractivity contribution in [2.45, 2.75) is 12.6 Å². The van der Waals surface area contributed by atoms with Crippen LogP contribution in [0.25, 0.3) is 0 Å². The standard InChI is InChI=1S/C12H14F3N/c1-16-8-3-2-5-10-6-4-7-11(9-10)12(13,14)15/h2-4,6-7,9,16H,5,8H2,1H3/b3-2-. The van der Waals surface area contributed by atoms with E-state index in [4.69, 9.17) is 0 Å². The first kappa shape index (κ1) is 12.8. The van der Waals surface area contributed by atoms with Crippen LogP contribution in [0.15, 0.2) is 36.4 Å². The highest BCUT2D eigenvalue weighted by Gasteiger charge is 2.30. The fourth-order valence-corrected chi connectivity index (χ4v) is 1.30. The van der Waals surface area contributed by atoms with Crippen LogP contribution in [0.2, 0.25) is 0 Å². The highest BCUT2D eigenvalue weighted by molar-refractivity contribution is 5.27. The lowest BCUT2D eigenvalue weighted by Gasteiger charge is -2.07. The quantitative estimate of drug-likeness (QED) is 0.782. The second-order valence-electron chi connectivity index (χ2n) is 3.43. The van der Waals surface area contributed by atoms with Gasteiger partial charge in [-0.3, -0.25) is 0 Å². The molecule has 0 saturated carbocycles.